The fraction of sp³-hybridized carbons (Fsp3) is 0.462. The van der Waals surface area contributed by atoms with E-state index in [0.29, 0.717) is 0 Å². The molecule has 4 rings (SSSR count). The van der Waals surface area contributed by atoms with Crippen molar-refractivity contribution < 1.29 is 4.74 Å². The summed E-state index contributed by atoms with van der Waals surface area (Å²) in [6.07, 6.45) is 4.18. The average molecular weight is 419 g/mol. The Balaban J connectivity index is 1.55. The Morgan fingerprint density at radius 2 is 1.84 bits per heavy atom. The fourth-order valence-corrected chi connectivity index (χ4v) is 4.14. The molecule has 0 radical (unpaired) electrons. The summed E-state index contributed by atoms with van der Waals surface area (Å²) in [5.74, 6) is 1.10. The lowest BCUT2D eigenvalue weighted by Gasteiger charge is -2.35. The molecule has 1 fully saturated rings. The summed E-state index contributed by atoms with van der Waals surface area (Å²) >= 11 is 0. The number of ether oxygens (including phenoxy) is 1. The minimum atomic E-state index is 0.286. The predicted octanol–water partition coefficient (Wildman–Crippen LogP) is 4.80. The van der Waals surface area contributed by atoms with E-state index in [-0.39, 0.29) is 6.10 Å². The minimum Gasteiger partial charge on any atom is -0.379 e. The zero-order valence-corrected chi connectivity index (χ0v) is 19.1. The Labute approximate surface area is 186 Å². The molecule has 5 nitrogen and oxygen atoms in total. The van der Waals surface area contributed by atoms with Crippen LogP contribution < -0.4 is 4.90 Å². The Hall–Kier alpha value is -2.50. The first-order valence-electron chi connectivity index (χ1n) is 11.6. The third-order valence-corrected chi connectivity index (χ3v) is 5.99. The van der Waals surface area contributed by atoms with Crippen LogP contribution in [0.5, 0.6) is 0 Å². The van der Waals surface area contributed by atoms with Crippen LogP contribution in [0.2, 0.25) is 0 Å². The van der Waals surface area contributed by atoms with Gasteiger partial charge in [0.05, 0.1) is 11.8 Å². The number of likely N-dealkylation sites (N-methyl/N-ethyl adjacent to an activating group) is 1. The quantitative estimate of drug-likeness (QED) is 0.492. The van der Waals surface area contributed by atoms with Gasteiger partial charge in [0.2, 0.25) is 0 Å². The van der Waals surface area contributed by atoms with Crippen molar-refractivity contribution in [3.8, 4) is 11.3 Å². The normalized spacial score (nSPS) is 15.2. The molecule has 1 saturated heterocycles. The van der Waals surface area contributed by atoms with Crippen molar-refractivity contribution in [2.24, 2.45) is 0 Å². The summed E-state index contributed by atoms with van der Waals surface area (Å²) in [5.41, 5.74) is 3.17. The second-order valence-corrected chi connectivity index (χ2v) is 8.53. The molecule has 164 valence electrons. The highest BCUT2D eigenvalue weighted by Crippen LogP contribution is 2.30. The summed E-state index contributed by atoms with van der Waals surface area (Å²) in [7, 11) is 0. The molecule has 1 aliphatic heterocycles. The number of piperazine rings is 1. The summed E-state index contributed by atoms with van der Waals surface area (Å²) in [6, 6.07) is 15.1. The van der Waals surface area contributed by atoms with Gasteiger partial charge in [-0.3, -0.25) is 4.98 Å². The van der Waals surface area contributed by atoms with Crippen LogP contribution in [0, 0.1) is 0 Å². The van der Waals surface area contributed by atoms with E-state index in [1.54, 1.807) is 0 Å². The van der Waals surface area contributed by atoms with Gasteiger partial charge < -0.3 is 14.5 Å². The lowest BCUT2D eigenvalue weighted by molar-refractivity contribution is 0.0770. The second kappa shape index (κ2) is 10.2. The van der Waals surface area contributed by atoms with Crippen LogP contribution in [0.1, 0.15) is 32.9 Å². The number of nitrogens with zero attached hydrogens (tertiary/aromatic N) is 4. The van der Waals surface area contributed by atoms with Gasteiger partial charge in [0, 0.05) is 55.6 Å². The third-order valence-electron chi connectivity index (χ3n) is 5.99. The van der Waals surface area contributed by atoms with E-state index in [0.717, 1.165) is 74.9 Å². The molecule has 31 heavy (non-hydrogen) atoms. The van der Waals surface area contributed by atoms with Gasteiger partial charge >= 0.3 is 0 Å². The van der Waals surface area contributed by atoms with Crippen LogP contribution in [-0.4, -0.2) is 60.3 Å². The van der Waals surface area contributed by atoms with Crippen LogP contribution in [0.4, 0.5) is 5.82 Å². The Morgan fingerprint density at radius 1 is 1.03 bits per heavy atom. The molecular formula is C26H34N4O. The first-order chi connectivity index (χ1) is 15.1. The number of hydrogen-bond donors (Lipinski definition) is 0. The van der Waals surface area contributed by atoms with E-state index in [1.165, 1.54) is 10.8 Å². The molecule has 5 heteroatoms. The maximum atomic E-state index is 5.64. The third kappa shape index (κ3) is 5.41. The molecule has 3 heterocycles. The molecule has 0 unspecified atom stereocenters. The number of aromatic nitrogens is 2. The van der Waals surface area contributed by atoms with Gasteiger partial charge in [0.25, 0.3) is 0 Å². The molecule has 0 amide bonds. The fourth-order valence-electron chi connectivity index (χ4n) is 4.14. The van der Waals surface area contributed by atoms with Crippen LogP contribution in [0.25, 0.3) is 22.0 Å². The van der Waals surface area contributed by atoms with E-state index >= 15 is 0 Å². The first-order valence-corrected chi connectivity index (χ1v) is 11.6. The Bertz CT molecular complexity index is 978. The number of rotatable bonds is 8. The number of aryl methyl sites for hydroxylation is 1. The van der Waals surface area contributed by atoms with Crippen molar-refractivity contribution in [3.63, 3.8) is 0 Å². The van der Waals surface area contributed by atoms with Gasteiger partial charge in [-0.25, -0.2) is 4.98 Å². The van der Waals surface area contributed by atoms with Crippen molar-refractivity contribution >= 4 is 16.6 Å². The highest BCUT2D eigenvalue weighted by molar-refractivity contribution is 5.95. The van der Waals surface area contributed by atoms with Gasteiger partial charge in [-0.1, -0.05) is 31.2 Å². The van der Waals surface area contributed by atoms with Crippen molar-refractivity contribution in [3.05, 3.63) is 54.4 Å². The number of hydrogen-bond acceptors (Lipinski definition) is 5. The average Bonchev–Trinajstić information content (AvgIpc) is 2.81. The topological polar surface area (TPSA) is 41.5 Å². The summed E-state index contributed by atoms with van der Waals surface area (Å²) in [5, 5.41) is 2.46. The highest BCUT2D eigenvalue weighted by Gasteiger charge is 2.19. The van der Waals surface area contributed by atoms with E-state index in [1.807, 2.05) is 6.20 Å². The molecule has 0 saturated carbocycles. The first kappa shape index (κ1) is 21.7. The molecule has 0 bridgehead atoms. The number of anilines is 1. The van der Waals surface area contributed by atoms with Crippen LogP contribution in [0.15, 0.2) is 48.7 Å². The van der Waals surface area contributed by atoms with Gasteiger partial charge in [0.1, 0.15) is 5.82 Å². The van der Waals surface area contributed by atoms with Gasteiger partial charge in [0.15, 0.2) is 0 Å². The predicted molar refractivity (Wildman–Crippen MR) is 129 cm³/mol. The van der Waals surface area contributed by atoms with Gasteiger partial charge in [-0.2, -0.15) is 0 Å². The summed E-state index contributed by atoms with van der Waals surface area (Å²) < 4.78 is 5.64. The van der Waals surface area contributed by atoms with Crippen LogP contribution in [-0.2, 0) is 11.2 Å². The highest BCUT2D eigenvalue weighted by atomic mass is 16.5. The monoisotopic (exact) mass is 418 g/mol. The molecule has 0 aliphatic carbocycles. The summed E-state index contributed by atoms with van der Waals surface area (Å²) in [4.78, 5) is 14.8. The van der Waals surface area contributed by atoms with Gasteiger partial charge in [-0.15, -0.1) is 0 Å². The molecule has 2 aromatic heterocycles. The zero-order chi connectivity index (χ0) is 21.6. The Morgan fingerprint density at radius 3 is 2.55 bits per heavy atom. The van der Waals surface area contributed by atoms with E-state index in [4.69, 9.17) is 14.7 Å². The number of pyridine rings is 2. The Kier molecular flexibility index (Phi) is 7.15. The molecule has 0 N–H and O–H groups in total. The number of benzene rings is 1. The SMILES string of the molecule is CCN1CCN(c2nc(-c3ccc(CCCOC(C)C)nc3)cc3ccccc23)CC1. The molecule has 0 atom stereocenters. The molecular weight excluding hydrogens is 384 g/mol. The molecule has 1 aromatic carbocycles. The van der Waals surface area contributed by atoms with E-state index in [2.05, 4.69) is 73.0 Å². The van der Waals surface area contributed by atoms with Crippen LogP contribution >= 0.6 is 0 Å². The lowest BCUT2D eigenvalue weighted by atomic mass is 10.1. The molecule has 1 aliphatic rings. The molecule has 0 spiro atoms. The van der Waals surface area contributed by atoms with Gasteiger partial charge in [-0.05, 0) is 56.8 Å². The smallest absolute Gasteiger partial charge is 0.137 e. The van der Waals surface area contributed by atoms with Crippen molar-refractivity contribution in [1.82, 2.24) is 14.9 Å². The zero-order valence-electron chi connectivity index (χ0n) is 19.1. The van der Waals surface area contributed by atoms with Crippen molar-refractivity contribution in [2.45, 2.75) is 39.7 Å². The minimum absolute atomic E-state index is 0.286. The summed E-state index contributed by atoms with van der Waals surface area (Å²) in [6.45, 7) is 12.5. The standard InChI is InChI=1S/C26H34N4O/c1-4-29-13-15-30(16-14-29)26-24-10-6-5-8-21(24)18-25(28-26)22-11-12-23(27-19-22)9-7-17-31-20(2)3/h5-6,8,10-12,18-20H,4,7,9,13-17H2,1-3H3. The maximum Gasteiger partial charge on any atom is 0.137 e. The number of fused-ring (bicyclic) bond motifs is 1. The van der Waals surface area contributed by atoms with E-state index < -0.39 is 0 Å². The lowest BCUT2D eigenvalue weighted by Crippen LogP contribution is -2.46. The van der Waals surface area contributed by atoms with Crippen LogP contribution in [0.3, 0.4) is 0 Å². The molecule has 3 aromatic rings. The largest absolute Gasteiger partial charge is 0.379 e. The second-order valence-electron chi connectivity index (χ2n) is 8.53. The maximum absolute atomic E-state index is 5.64. The van der Waals surface area contributed by atoms with Crippen molar-refractivity contribution in [2.75, 3.05) is 44.2 Å². The van der Waals surface area contributed by atoms with Crippen molar-refractivity contribution in [1.29, 1.82) is 0 Å². The van der Waals surface area contributed by atoms with E-state index in [9.17, 15) is 0 Å².